The number of hydrogen-bond acceptors (Lipinski definition) is 2. The molecule has 3 rings (SSSR count). The summed E-state index contributed by atoms with van der Waals surface area (Å²) in [5.74, 6) is -0.153. The van der Waals surface area contributed by atoms with Crippen LogP contribution in [0.2, 0.25) is 10.0 Å². The molecule has 3 nitrogen and oxygen atoms in total. The standard InChI is InChI=1S/C19H16Cl2N2O/c1-12(15-9-8-14(20)11-16(15)21)23(2)19(24)18-10-7-13-5-3-4-6-17(13)22-18/h3-12H,1-2H3. The summed E-state index contributed by atoms with van der Waals surface area (Å²) in [5, 5.41) is 2.12. The van der Waals surface area contributed by atoms with Crippen LogP contribution in [0, 0.1) is 0 Å². The van der Waals surface area contributed by atoms with Crippen LogP contribution in [0.5, 0.6) is 0 Å². The lowest BCUT2D eigenvalue weighted by Gasteiger charge is -2.26. The molecular formula is C19H16Cl2N2O. The minimum absolute atomic E-state index is 0.153. The first kappa shape index (κ1) is 16.7. The third-order valence-corrected chi connectivity index (χ3v) is 4.69. The van der Waals surface area contributed by atoms with Gasteiger partial charge in [-0.1, -0.05) is 53.5 Å². The van der Waals surface area contributed by atoms with Crippen LogP contribution in [-0.4, -0.2) is 22.8 Å². The molecule has 0 fully saturated rings. The Morgan fingerprint density at radius 3 is 2.58 bits per heavy atom. The molecule has 1 unspecified atom stereocenters. The highest BCUT2D eigenvalue weighted by Crippen LogP contribution is 2.29. The fourth-order valence-corrected chi connectivity index (χ4v) is 3.16. The largest absolute Gasteiger partial charge is 0.334 e. The van der Waals surface area contributed by atoms with E-state index in [9.17, 15) is 4.79 Å². The first-order valence-corrected chi connectivity index (χ1v) is 8.31. The third kappa shape index (κ3) is 3.23. The van der Waals surface area contributed by atoms with Gasteiger partial charge in [0.25, 0.3) is 5.91 Å². The molecule has 0 spiro atoms. The van der Waals surface area contributed by atoms with E-state index in [0.29, 0.717) is 15.7 Å². The Morgan fingerprint density at radius 2 is 1.83 bits per heavy atom. The van der Waals surface area contributed by atoms with Crippen molar-refractivity contribution in [1.29, 1.82) is 0 Å². The fraction of sp³-hybridized carbons (Fsp3) is 0.158. The van der Waals surface area contributed by atoms with E-state index in [1.54, 1.807) is 30.1 Å². The van der Waals surface area contributed by atoms with Gasteiger partial charge in [0.15, 0.2) is 0 Å². The molecule has 0 aliphatic carbocycles. The van der Waals surface area contributed by atoms with Gasteiger partial charge in [-0.25, -0.2) is 4.98 Å². The van der Waals surface area contributed by atoms with Crippen molar-refractivity contribution in [2.24, 2.45) is 0 Å². The van der Waals surface area contributed by atoms with Crippen LogP contribution in [0.3, 0.4) is 0 Å². The minimum atomic E-state index is -0.199. The number of nitrogens with zero attached hydrogens (tertiary/aromatic N) is 2. The lowest BCUT2D eigenvalue weighted by atomic mass is 10.1. The molecule has 0 aliphatic heterocycles. The summed E-state index contributed by atoms with van der Waals surface area (Å²) >= 11 is 12.2. The molecule has 0 radical (unpaired) electrons. The zero-order chi connectivity index (χ0) is 17.3. The Kier molecular flexibility index (Phi) is 4.74. The quantitative estimate of drug-likeness (QED) is 0.629. The van der Waals surface area contributed by atoms with Gasteiger partial charge in [0, 0.05) is 22.5 Å². The predicted molar refractivity (Wildman–Crippen MR) is 98.7 cm³/mol. The molecule has 122 valence electrons. The number of carbonyl (C=O) groups excluding carboxylic acids is 1. The molecule has 0 aliphatic rings. The van der Waals surface area contributed by atoms with Gasteiger partial charge < -0.3 is 4.90 Å². The number of amides is 1. The second-order valence-electron chi connectivity index (χ2n) is 5.65. The summed E-state index contributed by atoms with van der Waals surface area (Å²) in [5.41, 5.74) is 2.06. The third-order valence-electron chi connectivity index (χ3n) is 4.13. The highest BCUT2D eigenvalue weighted by atomic mass is 35.5. The Bertz CT molecular complexity index is 911. The van der Waals surface area contributed by atoms with Gasteiger partial charge in [0.1, 0.15) is 5.69 Å². The number of rotatable bonds is 3. The van der Waals surface area contributed by atoms with Gasteiger partial charge >= 0.3 is 0 Å². The number of fused-ring (bicyclic) bond motifs is 1. The minimum Gasteiger partial charge on any atom is -0.334 e. The van der Waals surface area contributed by atoms with Crippen LogP contribution in [0.1, 0.15) is 29.0 Å². The molecule has 0 saturated heterocycles. The smallest absolute Gasteiger partial charge is 0.272 e. The molecule has 2 aromatic carbocycles. The summed E-state index contributed by atoms with van der Waals surface area (Å²) in [4.78, 5) is 18.9. The maximum Gasteiger partial charge on any atom is 0.272 e. The van der Waals surface area contributed by atoms with Gasteiger partial charge in [-0.05, 0) is 36.8 Å². The number of para-hydroxylation sites is 1. The molecule has 1 heterocycles. The topological polar surface area (TPSA) is 33.2 Å². The van der Waals surface area contributed by atoms with Gasteiger partial charge in [-0.15, -0.1) is 0 Å². The molecular weight excluding hydrogens is 343 g/mol. The van der Waals surface area contributed by atoms with Crippen LogP contribution in [0.15, 0.2) is 54.6 Å². The van der Waals surface area contributed by atoms with E-state index < -0.39 is 0 Å². The molecule has 1 atom stereocenters. The predicted octanol–water partition coefficient (Wildman–Crippen LogP) is 5.37. The molecule has 0 saturated carbocycles. The maximum absolute atomic E-state index is 12.8. The van der Waals surface area contributed by atoms with Crippen LogP contribution in [0.25, 0.3) is 10.9 Å². The molecule has 0 bridgehead atoms. The number of aromatic nitrogens is 1. The molecule has 5 heteroatoms. The zero-order valence-corrected chi connectivity index (χ0v) is 14.8. The first-order valence-electron chi connectivity index (χ1n) is 7.55. The Morgan fingerprint density at radius 1 is 1.08 bits per heavy atom. The second kappa shape index (κ2) is 6.80. The summed E-state index contributed by atoms with van der Waals surface area (Å²) < 4.78 is 0. The van der Waals surface area contributed by atoms with Gasteiger partial charge in [-0.2, -0.15) is 0 Å². The number of hydrogen-bond donors (Lipinski definition) is 0. The van der Waals surface area contributed by atoms with E-state index in [-0.39, 0.29) is 11.9 Å². The maximum atomic E-state index is 12.8. The molecule has 3 aromatic rings. The van der Waals surface area contributed by atoms with E-state index in [4.69, 9.17) is 23.2 Å². The summed E-state index contributed by atoms with van der Waals surface area (Å²) in [6.45, 7) is 1.92. The lowest BCUT2D eigenvalue weighted by molar-refractivity contribution is 0.0737. The van der Waals surface area contributed by atoms with Crippen molar-refractivity contribution in [2.75, 3.05) is 7.05 Å². The van der Waals surface area contributed by atoms with Crippen molar-refractivity contribution < 1.29 is 4.79 Å². The van der Waals surface area contributed by atoms with Crippen LogP contribution < -0.4 is 0 Å². The van der Waals surface area contributed by atoms with Crippen molar-refractivity contribution in [3.8, 4) is 0 Å². The van der Waals surface area contributed by atoms with Crippen molar-refractivity contribution in [2.45, 2.75) is 13.0 Å². The highest BCUT2D eigenvalue weighted by Gasteiger charge is 2.22. The Labute approximate surface area is 150 Å². The molecule has 1 amide bonds. The lowest BCUT2D eigenvalue weighted by Crippen LogP contribution is -2.30. The summed E-state index contributed by atoms with van der Waals surface area (Å²) in [6, 6.07) is 16.5. The SMILES string of the molecule is CC(c1ccc(Cl)cc1Cl)N(C)C(=O)c1ccc2ccccc2n1. The average Bonchev–Trinajstić information content (AvgIpc) is 2.59. The average molecular weight is 359 g/mol. The summed E-state index contributed by atoms with van der Waals surface area (Å²) in [6.07, 6.45) is 0. The normalized spacial score (nSPS) is 12.2. The number of benzene rings is 2. The Balaban J connectivity index is 1.89. The van der Waals surface area contributed by atoms with Crippen molar-refractivity contribution in [3.63, 3.8) is 0 Å². The second-order valence-corrected chi connectivity index (χ2v) is 6.49. The van der Waals surface area contributed by atoms with Gasteiger partial charge in [-0.3, -0.25) is 4.79 Å². The van der Waals surface area contributed by atoms with Crippen LogP contribution >= 0.6 is 23.2 Å². The number of pyridine rings is 1. The summed E-state index contributed by atoms with van der Waals surface area (Å²) in [7, 11) is 1.74. The monoisotopic (exact) mass is 358 g/mol. The molecule has 24 heavy (non-hydrogen) atoms. The van der Waals surface area contributed by atoms with E-state index in [1.807, 2.05) is 43.3 Å². The Hall–Kier alpha value is -2.10. The first-order chi connectivity index (χ1) is 11.5. The molecule has 1 aromatic heterocycles. The molecule has 0 N–H and O–H groups in total. The van der Waals surface area contributed by atoms with Crippen molar-refractivity contribution in [1.82, 2.24) is 9.88 Å². The van der Waals surface area contributed by atoms with Crippen LogP contribution in [0.4, 0.5) is 0 Å². The van der Waals surface area contributed by atoms with E-state index in [2.05, 4.69) is 4.98 Å². The fourth-order valence-electron chi connectivity index (χ4n) is 2.59. The van der Waals surface area contributed by atoms with Crippen LogP contribution in [-0.2, 0) is 0 Å². The number of carbonyl (C=O) groups is 1. The number of halogens is 2. The van der Waals surface area contributed by atoms with Crippen molar-refractivity contribution in [3.05, 3.63) is 75.9 Å². The van der Waals surface area contributed by atoms with E-state index in [1.165, 1.54) is 0 Å². The van der Waals surface area contributed by atoms with Gasteiger partial charge in [0.2, 0.25) is 0 Å². The van der Waals surface area contributed by atoms with Crippen molar-refractivity contribution >= 4 is 40.0 Å². The highest BCUT2D eigenvalue weighted by molar-refractivity contribution is 6.35. The van der Waals surface area contributed by atoms with Gasteiger partial charge in [0.05, 0.1) is 11.6 Å². The van der Waals surface area contributed by atoms with E-state index in [0.717, 1.165) is 16.5 Å². The van der Waals surface area contributed by atoms with E-state index >= 15 is 0 Å². The zero-order valence-electron chi connectivity index (χ0n) is 13.3.